The van der Waals surface area contributed by atoms with Crippen LogP contribution in [-0.4, -0.2) is 8.07 Å². The Kier molecular flexibility index (Phi) is 16.3. The van der Waals surface area contributed by atoms with Gasteiger partial charge in [-0.1, -0.05) is 143 Å². The molecular formula is C42H64HfSi. The fraction of sp³-hybridized carbons (Fsp3) is 0.524. The van der Waals surface area contributed by atoms with Crippen LogP contribution >= 0.6 is 0 Å². The molecule has 0 aromatic heterocycles. The molecule has 0 aliphatic rings. The molecule has 0 aliphatic carbocycles. The van der Waals surface area contributed by atoms with E-state index in [9.17, 15) is 0 Å². The number of unbranched alkanes of at least 4 members (excludes halogenated alkanes) is 2. The average Bonchev–Trinajstić information content (AvgIpc) is 3.47. The van der Waals surface area contributed by atoms with Gasteiger partial charge in [0.05, 0.1) is 0 Å². The first kappa shape index (κ1) is 40.8. The van der Waals surface area contributed by atoms with Crippen LogP contribution in [0.1, 0.15) is 152 Å². The maximum atomic E-state index is 3.60. The smallest absolute Gasteiger partial charge is 0.343 e. The minimum Gasteiger partial charge on any atom is -0.343 e. The van der Waals surface area contributed by atoms with Crippen molar-refractivity contribution in [3.05, 3.63) is 83.6 Å². The van der Waals surface area contributed by atoms with Gasteiger partial charge in [-0.05, 0) is 23.7 Å². The molecule has 4 rings (SSSR count). The third kappa shape index (κ3) is 8.96. The molecule has 0 unspecified atom stereocenters. The first-order chi connectivity index (χ1) is 20.1. The molecule has 0 amide bonds. The molecule has 0 atom stereocenters. The van der Waals surface area contributed by atoms with Crippen LogP contribution in [0.3, 0.4) is 0 Å². The first-order valence-corrected chi connectivity index (χ1v) is 20.2. The van der Waals surface area contributed by atoms with E-state index >= 15 is 0 Å². The second-order valence-electron chi connectivity index (χ2n) is 14.5. The van der Waals surface area contributed by atoms with Crippen LogP contribution in [0.25, 0.3) is 21.5 Å². The van der Waals surface area contributed by atoms with E-state index in [1.54, 1.807) is 21.1 Å². The molecule has 4 aromatic carbocycles. The quantitative estimate of drug-likeness (QED) is 0.124. The van der Waals surface area contributed by atoms with E-state index in [4.69, 9.17) is 0 Å². The van der Waals surface area contributed by atoms with Gasteiger partial charge in [0, 0.05) is 8.07 Å². The Hall–Kier alpha value is -1.25. The van der Waals surface area contributed by atoms with E-state index < -0.39 is 8.07 Å². The van der Waals surface area contributed by atoms with E-state index in [-0.39, 0.29) is 25.8 Å². The molecule has 4 aromatic rings. The topological polar surface area (TPSA) is 0 Å². The number of hydrogen-bond acceptors (Lipinski definition) is 0. The monoisotopic (exact) mass is 776 g/mol. The summed E-state index contributed by atoms with van der Waals surface area (Å²) in [5.74, 6) is 2.12. The second-order valence-corrected chi connectivity index (χ2v) is 18.8. The van der Waals surface area contributed by atoms with Crippen molar-refractivity contribution in [2.45, 2.75) is 146 Å². The van der Waals surface area contributed by atoms with Gasteiger partial charge in [-0.3, -0.25) is 0 Å². The van der Waals surface area contributed by atoms with E-state index in [1.807, 2.05) is 0 Å². The third-order valence-electron chi connectivity index (χ3n) is 9.01. The normalized spacial score (nSPS) is 11.7. The Labute approximate surface area is 293 Å². The summed E-state index contributed by atoms with van der Waals surface area (Å²) in [5.41, 5.74) is 8.98. The molecule has 44 heavy (non-hydrogen) atoms. The van der Waals surface area contributed by atoms with Gasteiger partial charge < -0.3 is 13.8 Å². The Morgan fingerprint density at radius 1 is 0.591 bits per heavy atom. The Bertz CT molecular complexity index is 1340. The minimum absolute atomic E-state index is 0. The summed E-state index contributed by atoms with van der Waals surface area (Å²) in [6.45, 7) is 40.1. The molecule has 0 heterocycles. The summed E-state index contributed by atoms with van der Waals surface area (Å²) >= 11 is 0. The zero-order valence-corrected chi connectivity index (χ0v) is 35.6. The average molecular weight is 776 g/mol. The van der Waals surface area contributed by atoms with Gasteiger partial charge in [0.15, 0.2) is 0 Å². The van der Waals surface area contributed by atoms with Crippen molar-refractivity contribution in [3.63, 3.8) is 0 Å². The minimum atomic E-state index is -2.01. The maximum Gasteiger partial charge on any atom is 4.00 e. The predicted octanol–water partition coefficient (Wildman–Crippen LogP) is 12.6. The summed E-state index contributed by atoms with van der Waals surface area (Å²) in [4.78, 5) is 0. The van der Waals surface area contributed by atoms with Gasteiger partial charge >= 0.3 is 25.8 Å². The summed E-state index contributed by atoms with van der Waals surface area (Å²) in [7, 11) is -2.01. The zero-order valence-electron chi connectivity index (χ0n) is 31.0. The van der Waals surface area contributed by atoms with Gasteiger partial charge in [0.2, 0.25) is 0 Å². The van der Waals surface area contributed by atoms with Crippen molar-refractivity contribution in [2.24, 2.45) is 0 Å². The Balaban J connectivity index is 0.000000962. The van der Waals surface area contributed by atoms with Gasteiger partial charge in [-0.15, -0.1) is 56.9 Å². The molecular weight excluding hydrogens is 711 g/mol. The van der Waals surface area contributed by atoms with Crippen LogP contribution in [0.2, 0.25) is 13.1 Å². The van der Waals surface area contributed by atoms with Gasteiger partial charge in [-0.25, -0.2) is 0 Å². The molecule has 240 valence electrons. The molecule has 2 heteroatoms. The van der Waals surface area contributed by atoms with E-state index in [0.29, 0.717) is 23.7 Å². The molecule has 0 fully saturated rings. The summed E-state index contributed by atoms with van der Waals surface area (Å²) in [6.07, 6.45) is 4.56. The fourth-order valence-corrected chi connectivity index (χ4v) is 10.7. The summed E-state index contributed by atoms with van der Waals surface area (Å²) in [5, 5.41) is 9.32. The van der Waals surface area contributed by atoms with Crippen LogP contribution < -0.4 is 10.4 Å². The summed E-state index contributed by atoms with van der Waals surface area (Å²) in [6, 6.07) is 14.9. The van der Waals surface area contributed by atoms with Crippen molar-refractivity contribution in [1.29, 1.82) is 0 Å². The van der Waals surface area contributed by atoms with Gasteiger partial charge in [-0.2, -0.15) is 23.2 Å². The van der Waals surface area contributed by atoms with Crippen LogP contribution in [-0.2, 0) is 25.8 Å². The van der Waals surface area contributed by atoms with Crippen molar-refractivity contribution in [3.8, 4) is 0 Å². The van der Waals surface area contributed by atoms with E-state index in [1.165, 1.54) is 57.0 Å². The van der Waals surface area contributed by atoms with Gasteiger partial charge in [0.1, 0.15) is 0 Å². The number of hydrogen-bond donors (Lipinski definition) is 0. The van der Waals surface area contributed by atoms with Crippen LogP contribution in [0, 0.1) is 27.7 Å². The van der Waals surface area contributed by atoms with Crippen molar-refractivity contribution < 1.29 is 25.8 Å². The Morgan fingerprint density at radius 3 is 1.11 bits per heavy atom. The molecule has 0 nitrogen and oxygen atoms in total. The number of aryl methyl sites for hydroxylation is 2. The third-order valence-corrected chi connectivity index (χ3v) is 12.8. The largest absolute Gasteiger partial charge is 4.00 e. The fourth-order valence-electron chi connectivity index (χ4n) is 6.55. The number of benzene rings is 2. The second kappa shape index (κ2) is 17.6. The predicted molar refractivity (Wildman–Crippen MR) is 202 cm³/mol. The van der Waals surface area contributed by atoms with Gasteiger partial charge in [0.25, 0.3) is 0 Å². The SMILES string of the molecule is Cc1[cH-]c2cc(C(C)C)cc(C(C)C)c2c1[Si](C)(C)c1c(C)[cH-]c2cc(C(C)C)cc(C(C)C)c12.[CH2-]CCC.[CH2-]CCC.[Hf+4]. The van der Waals surface area contributed by atoms with E-state index in [0.717, 1.165) is 12.8 Å². The number of rotatable bonds is 8. The standard InChI is InChI=1S/C34H46Si.2C4H9.Hf/c1-19(2)25-15-27-13-23(9)33(31(27)29(17-25)21(5)6)35(11,12)34-24(10)14-28-16-26(20(3)4)18-30(22(7)8)32(28)34;2*1-3-4-2;/h13-22H,1-12H3;2*1,3-4H2,2H3;/q-2;2*-1;+4. The van der Waals surface area contributed by atoms with Crippen LogP contribution in [0.15, 0.2) is 36.4 Å². The molecule has 0 aliphatic heterocycles. The molecule has 0 spiro atoms. The first-order valence-electron chi connectivity index (χ1n) is 17.2. The van der Waals surface area contributed by atoms with Crippen molar-refractivity contribution in [2.75, 3.05) is 0 Å². The van der Waals surface area contributed by atoms with Crippen LogP contribution in [0.4, 0.5) is 0 Å². The molecule has 0 saturated heterocycles. The molecule has 0 bridgehead atoms. The maximum absolute atomic E-state index is 3.60. The number of fused-ring (bicyclic) bond motifs is 2. The zero-order chi connectivity index (χ0) is 32.8. The van der Waals surface area contributed by atoms with Crippen molar-refractivity contribution in [1.82, 2.24) is 0 Å². The van der Waals surface area contributed by atoms with Crippen LogP contribution in [0.5, 0.6) is 0 Å². The summed E-state index contributed by atoms with van der Waals surface area (Å²) < 4.78 is 0. The van der Waals surface area contributed by atoms with E-state index in [2.05, 4.69) is 146 Å². The molecule has 0 radical (unpaired) electrons. The molecule has 0 N–H and O–H groups in total. The van der Waals surface area contributed by atoms with Crippen molar-refractivity contribution >= 4 is 40.0 Å². The Morgan fingerprint density at radius 2 is 0.886 bits per heavy atom. The molecule has 0 saturated carbocycles.